The number of para-hydroxylation sites is 1. The molecule has 0 aliphatic heterocycles. The molecular formula is C20H21N3O3. The second kappa shape index (κ2) is 7.82. The predicted octanol–water partition coefficient (Wildman–Crippen LogP) is 2.29. The fourth-order valence-corrected chi connectivity index (χ4v) is 2.66. The van der Waals surface area contributed by atoms with Gasteiger partial charge in [0.1, 0.15) is 18.9 Å². The zero-order valence-electron chi connectivity index (χ0n) is 14.8. The number of ether oxygens (including phenoxy) is 1. The molecule has 0 spiro atoms. The van der Waals surface area contributed by atoms with Gasteiger partial charge in [-0.1, -0.05) is 24.3 Å². The topological polar surface area (TPSA) is 73.2 Å². The molecule has 1 N–H and O–H groups in total. The van der Waals surface area contributed by atoms with Gasteiger partial charge in [-0.15, -0.1) is 0 Å². The Hall–Kier alpha value is -3.15. The highest BCUT2D eigenvalue weighted by Gasteiger charge is 2.11. The van der Waals surface area contributed by atoms with Gasteiger partial charge in [0, 0.05) is 0 Å². The van der Waals surface area contributed by atoms with Crippen LogP contribution in [0.1, 0.15) is 12.5 Å². The van der Waals surface area contributed by atoms with E-state index in [1.807, 2.05) is 44.2 Å². The summed E-state index contributed by atoms with van der Waals surface area (Å²) < 4.78 is 7.00. The molecule has 1 unspecified atom stereocenters. The van der Waals surface area contributed by atoms with E-state index in [0.717, 1.165) is 11.3 Å². The first-order chi connectivity index (χ1) is 12.5. The summed E-state index contributed by atoms with van der Waals surface area (Å²) in [6, 6.07) is 14.6. The largest absolute Gasteiger partial charge is 0.491 e. The van der Waals surface area contributed by atoms with Crippen LogP contribution in [0.4, 0.5) is 0 Å². The van der Waals surface area contributed by atoms with Crippen molar-refractivity contribution < 1.29 is 9.53 Å². The Morgan fingerprint density at radius 2 is 2.04 bits per heavy atom. The maximum absolute atomic E-state index is 12.4. The fourth-order valence-electron chi connectivity index (χ4n) is 2.66. The number of fused-ring (bicyclic) bond motifs is 1. The van der Waals surface area contributed by atoms with Crippen molar-refractivity contribution in [3.63, 3.8) is 0 Å². The van der Waals surface area contributed by atoms with Gasteiger partial charge in [-0.3, -0.25) is 14.2 Å². The summed E-state index contributed by atoms with van der Waals surface area (Å²) in [4.78, 5) is 28.8. The molecule has 1 amide bonds. The highest BCUT2D eigenvalue weighted by Crippen LogP contribution is 2.12. The van der Waals surface area contributed by atoms with Gasteiger partial charge >= 0.3 is 0 Å². The third kappa shape index (κ3) is 4.27. The molecule has 0 fully saturated rings. The molecule has 3 aromatic rings. The lowest BCUT2D eigenvalue weighted by atomic mass is 10.2. The first kappa shape index (κ1) is 17.7. The highest BCUT2D eigenvalue weighted by molar-refractivity contribution is 5.79. The Bertz CT molecular complexity index is 981. The third-order valence-corrected chi connectivity index (χ3v) is 3.94. The highest BCUT2D eigenvalue weighted by atomic mass is 16.5. The van der Waals surface area contributed by atoms with E-state index >= 15 is 0 Å². The third-order valence-electron chi connectivity index (χ3n) is 3.94. The predicted molar refractivity (Wildman–Crippen MR) is 100 cm³/mol. The van der Waals surface area contributed by atoms with Crippen LogP contribution in [0.3, 0.4) is 0 Å². The number of nitrogens with one attached hydrogen (secondary N) is 1. The van der Waals surface area contributed by atoms with E-state index in [1.54, 1.807) is 18.2 Å². The van der Waals surface area contributed by atoms with Crippen LogP contribution in [-0.2, 0) is 11.3 Å². The van der Waals surface area contributed by atoms with Gasteiger partial charge in [0.15, 0.2) is 0 Å². The van der Waals surface area contributed by atoms with Gasteiger partial charge in [0.05, 0.1) is 23.3 Å². The first-order valence-electron chi connectivity index (χ1n) is 8.46. The standard InChI is InChI=1S/C20H21N3O3/c1-14-6-5-7-16(10-14)26-12-15(2)22-19(24)11-23-13-21-18-9-4-3-8-17(18)20(23)25/h3-10,13,15H,11-12H2,1-2H3,(H,22,24). The number of hydrogen-bond donors (Lipinski definition) is 1. The Morgan fingerprint density at radius 3 is 2.85 bits per heavy atom. The molecule has 0 aliphatic carbocycles. The van der Waals surface area contributed by atoms with Crippen molar-refractivity contribution in [3.8, 4) is 5.75 Å². The summed E-state index contributed by atoms with van der Waals surface area (Å²) in [5.74, 6) is 0.505. The lowest BCUT2D eigenvalue weighted by molar-refractivity contribution is -0.122. The number of hydrogen-bond acceptors (Lipinski definition) is 4. The number of carbonyl (C=O) groups is 1. The quantitative estimate of drug-likeness (QED) is 0.739. The molecular weight excluding hydrogens is 330 g/mol. The molecule has 0 saturated carbocycles. The maximum atomic E-state index is 12.4. The second-order valence-corrected chi connectivity index (χ2v) is 6.29. The minimum atomic E-state index is -0.260. The van der Waals surface area contributed by atoms with E-state index in [9.17, 15) is 9.59 Å². The van der Waals surface area contributed by atoms with Crippen molar-refractivity contribution >= 4 is 16.8 Å². The molecule has 0 aliphatic rings. The van der Waals surface area contributed by atoms with E-state index in [1.165, 1.54) is 10.9 Å². The molecule has 26 heavy (non-hydrogen) atoms. The average Bonchev–Trinajstić information content (AvgIpc) is 2.63. The minimum absolute atomic E-state index is 0.0779. The SMILES string of the molecule is Cc1cccc(OCC(C)NC(=O)Cn2cnc3ccccc3c2=O)c1. The van der Waals surface area contributed by atoms with Crippen molar-refractivity contribution in [3.05, 3.63) is 70.8 Å². The zero-order valence-corrected chi connectivity index (χ0v) is 14.8. The van der Waals surface area contributed by atoms with Gasteiger partial charge < -0.3 is 10.1 Å². The molecule has 1 heterocycles. The summed E-state index contributed by atoms with van der Waals surface area (Å²) in [5, 5.41) is 3.34. The van der Waals surface area contributed by atoms with Crippen molar-refractivity contribution in [2.24, 2.45) is 0 Å². The summed E-state index contributed by atoms with van der Waals surface area (Å²) in [6.07, 6.45) is 1.40. The lowest BCUT2D eigenvalue weighted by Crippen LogP contribution is -2.40. The summed E-state index contributed by atoms with van der Waals surface area (Å²) in [7, 11) is 0. The molecule has 2 aromatic carbocycles. The van der Waals surface area contributed by atoms with E-state index in [0.29, 0.717) is 17.5 Å². The molecule has 3 rings (SSSR count). The number of aromatic nitrogens is 2. The number of nitrogens with zero attached hydrogens (tertiary/aromatic N) is 2. The van der Waals surface area contributed by atoms with Crippen LogP contribution >= 0.6 is 0 Å². The molecule has 1 atom stereocenters. The van der Waals surface area contributed by atoms with E-state index < -0.39 is 0 Å². The van der Waals surface area contributed by atoms with Crippen molar-refractivity contribution in [2.75, 3.05) is 6.61 Å². The minimum Gasteiger partial charge on any atom is -0.491 e. The second-order valence-electron chi connectivity index (χ2n) is 6.29. The molecule has 1 aromatic heterocycles. The van der Waals surface area contributed by atoms with Crippen LogP contribution in [0, 0.1) is 6.92 Å². The van der Waals surface area contributed by atoms with Gasteiger partial charge in [-0.05, 0) is 43.7 Å². The molecule has 0 bridgehead atoms. The van der Waals surface area contributed by atoms with Gasteiger partial charge in [-0.25, -0.2) is 4.98 Å². The van der Waals surface area contributed by atoms with Gasteiger partial charge in [-0.2, -0.15) is 0 Å². The molecule has 0 radical (unpaired) electrons. The maximum Gasteiger partial charge on any atom is 0.261 e. The Kier molecular flexibility index (Phi) is 5.31. The van der Waals surface area contributed by atoms with Crippen LogP contribution in [0.5, 0.6) is 5.75 Å². The summed E-state index contributed by atoms with van der Waals surface area (Å²) in [6.45, 7) is 4.12. The van der Waals surface area contributed by atoms with Gasteiger partial charge in [0.25, 0.3) is 5.56 Å². The molecule has 0 saturated heterocycles. The fraction of sp³-hybridized carbons (Fsp3) is 0.250. The lowest BCUT2D eigenvalue weighted by Gasteiger charge is -2.16. The van der Waals surface area contributed by atoms with Crippen molar-refractivity contribution in [1.82, 2.24) is 14.9 Å². The van der Waals surface area contributed by atoms with E-state index in [-0.39, 0.29) is 24.1 Å². The molecule has 6 nitrogen and oxygen atoms in total. The first-order valence-corrected chi connectivity index (χ1v) is 8.46. The summed E-state index contributed by atoms with van der Waals surface area (Å²) in [5.41, 5.74) is 1.51. The number of rotatable bonds is 6. The Balaban J connectivity index is 1.58. The Labute approximate surface area is 151 Å². The number of benzene rings is 2. The van der Waals surface area contributed by atoms with Crippen molar-refractivity contribution in [2.45, 2.75) is 26.4 Å². The van der Waals surface area contributed by atoms with E-state index in [2.05, 4.69) is 10.3 Å². The average molecular weight is 351 g/mol. The normalized spacial score (nSPS) is 11.9. The number of carbonyl (C=O) groups excluding carboxylic acids is 1. The van der Waals surface area contributed by atoms with Crippen LogP contribution in [-0.4, -0.2) is 28.1 Å². The number of amides is 1. The van der Waals surface area contributed by atoms with Crippen LogP contribution in [0.25, 0.3) is 10.9 Å². The van der Waals surface area contributed by atoms with Gasteiger partial charge in [0.2, 0.25) is 5.91 Å². The smallest absolute Gasteiger partial charge is 0.261 e. The Morgan fingerprint density at radius 1 is 1.23 bits per heavy atom. The molecule has 6 heteroatoms. The number of aryl methyl sites for hydroxylation is 1. The monoisotopic (exact) mass is 351 g/mol. The van der Waals surface area contributed by atoms with Crippen LogP contribution in [0.15, 0.2) is 59.7 Å². The van der Waals surface area contributed by atoms with Crippen LogP contribution in [0.2, 0.25) is 0 Å². The molecule has 134 valence electrons. The zero-order chi connectivity index (χ0) is 18.5. The van der Waals surface area contributed by atoms with Crippen LogP contribution < -0.4 is 15.6 Å². The van der Waals surface area contributed by atoms with E-state index in [4.69, 9.17) is 4.74 Å². The van der Waals surface area contributed by atoms with Crippen molar-refractivity contribution in [1.29, 1.82) is 0 Å². The summed E-state index contributed by atoms with van der Waals surface area (Å²) >= 11 is 0.